The summed E-state index contributed by atoms with van der Waals surface area (Å²) in [5.41, 5.74) is 12.9. The van der Waals surface area contributed by atoms with Gasteiger partial charge in [0, 0.05) is 18.3 Å². The third kappa shape index (κ3) is 1.80. The Balaban J connectivity index is 2.63. The first-order chi connectivity index (χ1) is 8.00. The van der Waals surface area contributed by atoms with Crippen LogP contribution in [0.2, 0.25) is 0 Å². The van der Waals surface area contributed by atoms with E-state index in [1.54, 1.807) is 31.3 Å². The van der Waals surface area contributed by atoms with Crippen LogP contribution in [0.5, 0.6) is 0 Å². The maximum atomic E-state index is 11.1. The second-order valence-corrected chi connectivity index (χ2v) is 3.66. The van der Waals surface area contributed by atoms with E-state index in [9.17, 15) is 4.79 Å². The summed E-state index contributed by atoms with van der Waals surface area (Å²) in [5.74, 6) is -0.966. The number of nitrogens with zero attached hydrogens (tertiary/aromatic N) is 2. The highest BCUT2D eigenvalue weighted by Gasteiger charge is 2.21. The molecule has 0 aliphatic heterocycles. The van der Waals surface area contributed by atoms with E-state index in [4.69, 9.17) is 16.6 Å². The van der Waals surface area contributed by atoms with Crippen LogP contribution in [-0.2, 0) is 7.05 Å². The zero-order valence-corrected chi connectivity index (χ0v) is 9.21. The zero-order chi connectivity index (χ0) is 12.6. The van der Waals surface area contributed by atoms with Gasteiger partial charge in [0.1, 0.15) is 17.1 Å². The molecule has 0 amide bonds. The molecule has 0 radical (unpaired) electrons. The smallest absolute Gasteiger partial charge is 0.341 e. The van der Waals surface area contributed by atoms with Crippen LogP contribution < -0.4 is 11.5 Å². The van der Waals surface area contributed by atoms with Crippen molar-refractivity contribution >= 4 is 17.5 Å². The predicted molar refractivity (Wildman–Crippen MR) is 64.4 cm³/mol. The second kappa shape index (κ2) is 3.82. The van der Waals surface area contributed by atoms with E-state index in [0.29, 0.717) is 16.9 Å². The van der Waals surface area contributed by atoms with E-state index in [-0.39, 0.29) is 11.4 Å². The standard InChI is InChI=1S/C11H12N4O2/c1-15-10(13)8(11(16)17)9(14-15)6-2-4-7(12)5-3-6/h2-5H,12-13H2,1H3,(H,16,17). The van der Waals surface area contributed by atoms with Gasteiger partial charge in [0.25, 0.3) is 0 Å². The fourth-order valence-corrected chi connectivity index (χ4v) is 1.59. The molecule has 17 heavy (non-hydrogen) atoms. The van der Waals surface area contributed by atoms with Gasteiger partial charge in [0.15, 0.2) is 0 Å². The Morgan fingerprint density at radius 2 is 1.88 bits per heavy atom. The molecule has 6 heteroatoms. The van der Waals surface area contributed by atoms with E-state index in [2.05, 4.69) is 5.10 Å². The fraction of sp³-hybridized carbons (Fsp3) is 0.0909. The molecule has 0 fully saturated rings. The van der Waals surface area contributed by atoms with Crippen LogP contribution in [0.15, 0.2) is 24.3 Å². The fourth-order valence-electron chi connectivity index (χ4n) is 1.59. The van der Waals surface area contributed by atoms with E-state index >= 15 is 0 Å². The highest BCUT2D eigenvalue weighted by atomic mass is 16.4. The van der Waals surface area contributed by atoms with Crippen LogP contribution in [0, 0.1) is 0 Å². The molecular weight excluding hydrogens is 220 g/mol. The molecule has 5 N–H and O–H groups in total. The van der Waals surface area contributed by atoms with Crippen LogP contribution in [0.1, 0.15) is 10.4 Å². The lowest BCUT2D eigenvalue weighted by Gasteiger charge is -1.99. The summed E-state index contributed by atoms with van der Waals surface area (Å²) in [5, 5.41) is 13.2. The van der Waals surface area contributed by atoms with Crippen molar-refractivity contribution in [1.29, 1.82) is 0 Å². The van der Waals surface area contributed by atoms with Gasteiger partial charge in [-0.2, -0.15) is 5.10 Å². The summed E-state index contributed by atoms with van der Waals surface area (Å²) in [7, 11) is 1.60. The van der Waals surface area contributed by atoms with Gasteiger partial charge in [-0.3, -0.25) is 4.68 Å². The quantitative estimate of drug-likeness (QED) is 0.668. The molecule has 0 spiro atoms. The SMILES string of the molecule is Cn1nc(-c2ccc(N)cc2)c(C(=O)O)c1N. The number of hydrogen-bond donors (Lipinski definition) is 3. The first-order valence-electron chi connectivity index (χ1n) is 4.92. The normalized spacial score (nSPS) is 10.4. The van der Waals surface area contributed by atoms with Crippen LogP contribution in [0.3, 0.4) is 0 Å². The van der Waals surface area contributed by atoms with Crippen molar-refractivity contribution in [2.24, 2.45) is 7.05 Å². The number of carbonyl (C=O) groups is 1. The first-order valence-corrected chi connectivity index (χ1v) is 4.92. The Kier molecular flexibility index (Phi) is 2.47. The van der Waals surface area contributed by atoms with Crippen molar-refractivity contribution in [3.05, 3.63) is 29.8 Å². The molecule has 0 saturated heterocycles. The van der Waals surface area contributed by atoms with Crippen LogP contribution in [-0.4, -0.2) is 20.9 Å². The van der Waals surface area contributed by atoms with Crippen molar-refractivity contribution in [2.45, 2.75) is 0 Å². The summed E-state index contributed by atoms with van der Waals surface area (Å²) in [6.07, 6.45) is 0. The molecule has 2 rings (SSSR count). The van der Waals surface area contributed by atoms with E-state index in [1.165, 1.54) is 4.68 Å². The molecule has 88 valence electrons. The number of carboxylic acids is 1. The predicted octanol–water partition coefficient (Wildman–Crippen LogP) is 0.950. The van der Waals surface area contributed by atoms with Gasteiger partial charge in [-0.15, -0.1) is 0 Å². The minimum absolute atomic E-state index is 0.0114. The summed E-state index contributed by atoms with van der Waals surface area (Å²) >= 11 is 0. The van der Waals surface area contributed by atoms with Gasteiger partial charge in [-0.05, 0) is 12.1 Å². The number of aryl methyl sites for hydroxylation is 1. The Labute approximate surface area is 97.5 Å². The molecule has 0 atom stereocenters. The number of carboxylic acid groups (broad SMARTS) is 1. The van der Waals surface area contributed by atoms with E-state index in [0.717, 1.165) is 0 Å². The molecule has 0 saturated carbocycles. The highest BCUT2D eigenvalue weighted by molar-refractivity contribution is 5.99. The van der Waals surface area contributed by atoms with Gasteiger partial charge in [0.05, 0.1) is 0 Å². The molecule has 2 aromatic rings. The minimum Gasteiger partial charge on any atom is -0.477 e. The molecular formula is C11H12N4O2. The summed E-state index contributed by atoms with van der Waals surface area (Å²) < 4.78 is 1.34. The number of hydrogen-bond acceptors (Lipinski definition) is 4. The number of nitrogens with two attached hydrogens (primary N) is 2. The molecule has 0 bridgehead atoms. The van der Waals surface area contributed by atoms with Crippen molar-refractivity contribution in [3.63, 3.8) is 0 Å². The maximum absolute atomic E-state index is 11.1. The van der Waals surface area contributed by atoms with Crippen molar-refractivity contribution in [2.75, 3.05) is 11.5 Å². The summed E-state index contributed by atoms with van der Waals surface area (Å²) in [6.45, 7) is 0. The van der Waals surface area contributed by atoms with Crippen LogP contribution in [0.25, 0.3) is 11.3 Å². The maximum Gasteiger partial charge on any atom is 0.341 e. The van der Waals surface area contributed by atoms with Crippen LogP contribution >= 0.6 is 0 Å². The lowest BCUT2D eigenvalue weighted by Crippen LogP contribution is -2.04. The van der Waals surface area contributed by atoms with Gasteiger partial charge < -0.3 is 16.6 Å². The summed E-state index contributed by atoms with van der Waals surface area (Å²) in [4.78, 5) is 11.1. The number of anilines is 2. The first kappa shape index (κ1) is 11.0. The highest BCUT2D eigenvalue weighted by Crippen LogP contribution is 2.27. The summed E-state index contributed by atoms with van der Waals surface area (Å²) in [6, 6.07) is 6.80. The van der Waals surface area contributed by atoms with Crippen LogP contribution in [0.4, 0.5) is 11.5 Å². The number of rotatable bonds is 2. The second-order valence-electron chi connectivity index (χ2n) is 3.66. The third-order valence-electron chi connectivity index (χ3n) is 2.49. The number of benzene rings is 1. The monoisotopic (exact) mass is 232 g/mol. The lowest BCUT2D eigenvalue weighted by atomic mass is 10.1. The Bertz CT molecular complexity index is 572. The number of aromatic carboxylic acids is 1. The Morgan fingerprint density at radius 1 is 1.29 bits per heavy atom. The third-order valence-corrected chi connectivity index (χ3v) is 2.49. The molecule has 0 aliphatic carbocycles. The largest absolute Gasteiger partial charge is 0.477 e. The molecule has 0 unspecified atom stereocenters. The topological polar surface area (TPSA) is 107 Å². The van der Waals surface area contributed by atoms with Gasteiger partial charge in [-0.25, -0.2) is 4.79 Å². The Hall–Kier alpha value is -2.50. The Morgan fingerprint density at radius 3 is 2.41 bits per heavy atom. The number of aromatic nitrogens is 2. The van der Waals surface area contributed by atoms with Crippen molar-refractivity contribution < 1.29 is 9.90 Å². The average Bonchev–Trinajstić information content (AvgIpc) is 2.56. The van der Waals surface area contributed by atoms with Gasteiger partial charge in [0.2, 0.25) is 0 Å². The van der Waals surface area contributed by atoms with Gasteiger partial charge >= 0.3 is 5.97 Å². The van der Waals surface area contributed by atoms with Gasteiger partial charge in [-0.1, -0.05) is 12.1 Å². The molecule has 0 aliphatic rings. The van der Waals surface area contributed by atoms with Crippen molar-refractivity contribution in [1.82, 2.24) is 9.78 Å². The zero-order valence-electron chi connectivity index (χ0n) is 9.21. The van der Waals surface area contributed by atoms with E-state index in [1.807, 2.05) is 0 Å². The lowest BCUT2D eigenvalue weighted by molar-refractivity contribution is 0.0699. The molecule has 6 nitrogen and oxygen atoms in total. The minimum atomic E-state index is -1.09. The molecule has 1 aromatic heterocycles. The van der Waals surface area contributed by atoms with E-state index < -0.39 is 5.97 Å². The van der Waals surface area contributed by atoms with Crippen molar-refractivity contribution in [3.8, 4) is 11.3 Å². The average molecular weight is 232 g/mol. The number of nitrogen functional groups attached to an aromatic ring is 2. The molecule has 1 heterocycles. The molecule has 1 aromatic carbocycles.